The van der Waals surface area contributed by atoms with Gasteiger partial charge in [0.25, 0.3) is 0 Å². The second kappa shape index (κ2) is 4.76. The van der Waals surface area contributed by atoms with E-state index in [9.17, 15) is 0 Å². The molecule has 0 aliphatic rings. The molecule has 0 aliphatic heterocycles. The Balaban J connectivity index is 2.13. The molecule has 0 amide bonds. The topological polar surface area (TPSA) is 49.6 Å². The summed E-state index contributed by atoms with van der Waals surface area (Å²) >= 11 is 1.65. The molecule has 4 nitrogen and oxygen atoms in total. The molecule has 0 saturated heterocycles. The van der Waals surface area contributed by atoms with Crippen molar-refractivity contribution in [3.8, 4) is 0 Å². The number of aryl methyl sites for hydroxylation is 1. The van der Waals surface area contributed by atoms with Crippen molar-refractivity contribution in [1.29, 1.82) is 0 Å². The molecular formula is C12H19N3OS. The highest BCUT2D eigenvalue weighted by atomic mass is 32.1. The summed E-state index contributed by atoms with van der Waals surface area (Å²) in [5.41, 5.74) is 2.22. The van der Waals surface area contributed by atoms with E-state index in [-0.39, 0.29) is 12.1 Å². The highest BCUT2D eigenvalue weighted by Gasteiger charge is 2.18. The van der Waals surface area contributed by atoms with Crippen molar-refractivity contribution in [2.24, 2.45) is 0 Å². The lowest BCUT2D eigenvalue weighted by molar-refractivity contribution is 0.229. The average molecular weight is 253 g/mol. The molecule has 2 rings (SSSR count). The monoisotopic (exact) mass is 253 g/mol. The molecule has 0 aromatic carbocycles. The van der Waals surface area contributed by atoms with Crippen LogP contribution in [0.15, 0.2) is 11.6 Å². The van der Waals surface area contributed by atoms with Gasteiger partial charge in [-0.3, -0.25) is 4.40 Å². The normalized spacial score (nSPS) is 12.5. The van der Waals surface area contributed by atoms with Crippen LogP contribution in [0, 0.1) is 6.92 Å². The molecule has 2 heterocycles. The molecule has 0 atom stereocenters. The number of aromatic nitrogens is 2. The number of imidazole rings is 1. The Bertz CT molecular complexity index is 501. The highest BCUT2D eigenvalue weighted by molar-refractivity contribution is 7.15. The third-order valence-corrected chi connectivity index (χ3v) is 3.79. The summed E-state index contributed by atoms with van der Waals surface area (Å²) in [4.78, 5) is 5.55. The number of rotatable bonds is 5. The van der Waals surface area contributed by atoms with E-state index in [0.717, 1.165) is 23.6 Å². The lowest BCUT2D eigenvalue weighted by atomic mass is 10.0. The molecule has 2 N–H and O–H groups in total. The maximum atomic E-state index is 9.00. The first-order valence-electron chi connectivity index (χ1n) is 5.80. The van der Waals surface area contributed by atoms with Gasteiger partial charge in [-0.25, -0.2) is 4.98 Å². The molecule has 2 aromatic rings. The number of nitrogens with zero attached hydrogens (tertiary/aromatic N) is 2. The van der Waals surface area contributed by atoms with Crippen molar-refractivity contribution in [3.63, 3.8) is 0 Å². The van der Waals surface area contributed by atoms with E-state index in [1.807, 2.05) is 12.3 Å². The predicted molar refractivity (Wildman–Crippen MR) is 70.4 cm³/mol. The summed E-state index contributed by atoms with van der Waals surface area (Å²) in [6, 6.07) is 0. The van der Waals surface area contributed by atoms with Gasteiger partial charge >= 0.3 is 0 Å². The Morgan fingerprint density at radius 2 is 2.29 bits per heavy atom. The average Bonchev–Trinajstić information content (AvgIpc) is 2.75. The molecule has 0 saturated carbocycles. The molecular weight excluding hydrogens is 234 g/mol. The molecule has 0 spiro atoms. The third kappa shape index (κ3) is 2.68. The number of hydrogen-bond donors (Lipinski definition) is 2. The molecule has 2 aromatic heterocycles. The van der Waals surface area contributed by atoms with Gasteiger partial charge < -0.3 is 10.4 Å². The number of aliphatic hydroxyl groups excluding tert-OH is 1. The van der Waals surface area contributed by atoms with Crippen LogP contribution in [0.1, 0.15) is 31.7 Å². The van der Waals surface area contributed by atoms with Gasteiger partial charge in [0.2, 0.25) is 0 Å². The fraction of sp³-hybridized carbons (Fsp3) is 0.583. The Morgan fingerprint density at radius 3 is 3.00 bits per heavy atom. The highest BCUT2D eigenvalue weighted by Crippen LogP contribution is 2.18. The van der Waals surface area contributed by atoms with Gasteiger partial charge in [0.15, 0.2) is 4.96 Å². The van der Waals surface area contributed by atoms with E-state index in [4.69, 9.17) is 5.11 Å². The molecule has 0 bridgehead atoms. The van der Waals surface area contributed by atoms with Gasteiger partial charge in [0, 0.05) is 30.3 Å². The van der Waals surface area contributed by atoms with Gasteiger partial charge in [-0.05, 0) is 27.2 Å². The first-order chi connectivity index (χ1) is 8.03. The smallest absolute Gasteiger partial charge is 0.194 e. The van der Waals surface area contributed by atoms with Gasteiger partial charge in [0.1, 0.15) is 0 Å². The van der Waals surface area contributed by atoms with Crippen molar-refractivity contribution < 1.29 is 5.11 Å². The molecule has 0 radical (unpaired) electrons. The Morgan fingerprint density at radius 1 is 1.53 bits per heavy atom. The number of fused-ring (bicyclic) bond motifs is 1. The van der Waals surface area contributed by atoms with Crippen molar-refractivity contribution in [2.75, 3.05) is 6.61 Å². The number of thiazole rings is 1. The maximum absolute atomic E-state index is 9.00. The Hall–Kier alpha value is -0.910. The van der Waals surface area contributed by atoms with Crippen LogP contribution in [0.3, 0.4) is 0 Å². The van der Waals surface area contributed by atoms with Crippen molar-refractivity contribution in [2.45, 2.75) is 39.3 Å². The zero-order chi connectivity index (χ0) is 12.5. The van der Waals surface area contributed by atoms with Crippen LogP contribution in [-0.4, -0.2) is 26.6 Å². The van der Waals surface area contributed by atoms with Crippen LogP contribution in [0.2, 0.25) is 0 Å². The molecule has 0 fully saturated rings. The summed E-state index contributed by atoms with van der Waals surface area (Å²) in [7, 11) is 0. The van der Waals surface area contributed by atoms with Crippen molar-refractivity contribution in [3.05, 3.63) is 23.0 Å². The predicted octanol–water partition coefficient (Wildman–Crippen LogP) is 1.95. The number of aliphatic hydroxyl groups is 1. The molecule has 5 heteroatoms. The SMILES string of the molecule is Cc1nc2sccn2c1CNC(C)(C)CCO. The van der Waals surface area contributed by atoms with Crippen molar-refractivity contribution >= 4 is 16.3 Å². The molecule has 94 valence electrons. The van der Waals surface area contributed by atoms with E-state index >= 15 is 0 Å². The summed E-state index contributed by atoms with van der Waals surface area (Å²) in [5.74, 6) is 0. The summed E-state index contributed by atoms with van der Waals surface area (Å²) in [6.45, 7) is 7.22. The van der Waals surface area contributed by atoms with E-state index in [0.29, 0.717) is 0 Å². The first kappa shape index (κ1) is 12.5. The Kier molecular flexibility index (Phi) is 3.51. The van der Waals surface area contributed by atoms with E-state index in [2.05, 4.69) is 34.7 Å². The quantitative estimate of drug-likeness (QED) is 0.856. The van der Waals surface area contributed by atoms with Crippen LogP contribution in [0.5, 0.6) is 0 Å². The van der Waals surface area contributed by atoms with Gasteiger partial charge in [0.05, 0.1) is 11.4 Å². The second-order valence-electron chi connectivity index (χ2n) is 4.91. The van der Waals surface area contributed by atoms with E-state index in [1.54, 1.807) is 11.3 Å². The lowest BCUT2D eigenvalue weighted by Gasteiger charge is -2.25. The molecule has 0 unspecified atom stereocenters. The number of nitrogens with one attached hydrogen (secondary N) is 1. The zero-order valence-electron chi connectivity index (χ0n) is 10.5. The summed E-state index contributed by atoms with van der Waals surface area (Å²) in [6.07, 6.45) is 2.80. The molecule has 0 aliphatic carbocycles. The van der Waals surface area contributed by atoms with E-state index in [1.165, 1.54) is 5.69 Å². The first-order valence-corrected chi connectivity index (χ1v) is 6.68. The fourth-order valence-corrected chi connectivity index (χ4v) is 2.62. The minimum absolute atomic E-state index is 0.0542. The fourth-order valence-electron chi connectivity index (χ4n) is 1.84. The second-order valence-corrected chi connectivity index (χ2v) is 5.78. The van der Waals surface area contributed by atoms with Gasteiger partial charge in [-0.15, -0.1) is 11.3 Å². The molecule has 17 heavy (non-hydrogen) atoms. The van der Waals surface area contributed by atoms with Gasteiger partial charge in [-0.1, -0.05) is 0 Å². The van der Waals surface area contributed by atoms with Crippen LogP contribution < -0.4 is 5.32 Å². The summed E-state index contributed by atoms with van der Waals surface area (Å²) < 4.78 is 2.13. The van der Waals surface area contributed by atoms with E-state index < -0.39 is 0 Å². The lowest BCUT2D eigenvalue weighted by Crippen LogP contribution is -2.39. The van der Waals surface area contributed by atoms with Crippen LogP contribution in [0.4, 0.5) is 0 Å². The Labute approximate surface area is 105 Å². The van der Waals surface area contributed by atoms with Crippen LogP contribution in [-0.2, 0) is 6.54 Å². The maximum Gasteiger partial charge on any atom is 0.194 e. The van der Waals surface area contributed by atoms with Gasteiger partial charge in [-0.2, -0.15) is 0 Å². The minimum Gasteiger partial charge on any atom is -0.396 e. The van der Waals surface area contributed by atoms with Crippen LogP contribution in [0.25, 0.3) is 4.96 Å². The third-order valence-electron chi connectivity index (χ3n) is 3.03. The zero-order valence-corrected chi connectivity index (χ0v) is 11.3. The van der Waals surface area contributed by atoms with Crippen LogP contribution >= 0.6 is 11.3 Å². The van der Waals surface area contributed by atoms with Crippen molar-refractivity contribution in [1.82, 2.24) is 14.7 Å². The number of hydrogen-bond acceptors (Lipinski definition) is 4. The largest absolute Gasteiger partial charge is 0.396 e. The minimum atomic E-state index is -0.0542. The standard InChI is InChI=1S/C12H19N3OS/c1-9-10(8-13-12(2,3)4-6-16)15-5-7-17-11(15)14-9/h5,7,13,16H,4,6,8H2,1-3H3. The summed E-state index contributed by atoms with van der Waals surface area (Å²) in [5, 5.41) is 14.5.